The number of anilines is 1. The second-order valence-corrected chi connectivity index (χ2v) is 8.04. The van der Waals surface area contributed by atoms with Crippen LogP contribution in [0.4, 0.5) is 5.69 Å². The average molecular weight is 362 g/mol. The Balaban J connectivity index is 2.21. The number of rotatable bonds is 3. The van der Waals surface area contributed by atoms with Gasteiger partial charge in [0.1, 0.15) is 4.90 Å². The number of nitrogen functional groups attached to an aromatic ring is 1. The molecule has 0 amide bonds. The number of nitrogens with one attached hydrogen (secondary N) is 1. The lowest BCUT2D eigenvalue weighted by molar-refractivity contribution is 0.188. The Hall–Kier alpha value is -0.630. The second-order valence-electron chi connectivity index (χ2n) is 5.44. The molecular formula is C13H20BrN3O2S. The summed E-state index contributed by atoms with van der Waals surface area (Å²) < 4.78 is 28.4. The number of nitrogens with two attached hydrogens (primary N) is 1. The van der Waals surface area contributed by atoms with E-state index in [2.05, 4.69) is 32.5 Å². The Morgan fingerprint density at radius 2 is 2.15 bits per heavy atom. The van der Waals surface area contributed by atoms with Crippen LogP contribution in [0.25, 0.3) is 0 Å². The molecule has 0 spiro atoms. The third-order valence-corrected chi connectivity index (χ3v) is 5.72. The molecule has 0 radical (unpaired) electrons. The Labute approximate surface area is 128 Å². The molecule has 112 valence electrons. The molecule has 2 unspecified atom stereocenters. The van der Waals surface area contributed by atoms with E-state index < -0.39 is 10.0 Å². The van der Waals surface area contributed by atoms with Crippen molar-refractivity contribution in [2.24, 2.45) is 5.92 Å². The molecule has 2 atom stereocenters. The lowest BCUT2D eigenvalue weighted by Gasteiger charge is -2.35. The molecule has 1 aliphatic rings. The summed E-state index contributed by atoms with van der Waals surface area (Å²) in [7, 11) is -1.54. The van der Waals surface area contributed by atoms with E-state index in [0.717, 1.165) is 19.5 Å². The van der Waals surface area contributed by atoms with Gasteiger partial charge in [-0.05, 0) is 44.1 Å². The number of halogens is 1. The highest BCUT2D eigenvalue weighted by molar-refractivity contribution is 9.10. The fourth-order valence-electron chi connectivity index (χ4n) is 2.53. The van der Waals surface area contributed by atoms with Gasteiger partial charge in [0.2, 0.25) is 10.0 Å². The maximum absolute atomic E-state index is 12.5. The molecule has 1 aromatic carbocycles. The fourth-order valence-corrected chi connectivity index (χ4v) is 4.58. The van der Waals surface area contributed by atoms with Crippen LogP contribution in [0.15, 0.2) is 27.6 Å². The van der Waals surface area contributed by atoms with Gasteiger partial charge in [-0.1, -0.05) is 22.9 Å². The van der Waals surface area contributed by atoms with Crippen molar-refractivity contribution in [2.75, 3.05) is 25.9 Å². The lowest BCUT2D eigenvalue weighted by atomic mass is 9.95. The van der Waals surface area contributed by atoms with Crippen molar-refractivity contribution < 1.29 is 8.42 Å². The molecule has 5 nitrogen and oxygen atoms in total. The summed E-state index contributed by atoms with van der Waals surface area (Å²) in [6, 6.07) is 4.81. The SMILES string of the molecule is CC1CN(C)CCC1NS(=O)(=O)c1cc(Br)ccc1N. The van der Waals surface area contributed by atoms with Crippen LogP contribution in [0.2, 0.25) is 0 Å². The van der Waals surface area contributed by atoms with Crippen molar-refractivity contribution in [1.82, 2.24) is 9.62 Å². The van der Waals surface area contributed by atoms with Crippen LogP contribution in [0.3, 0.4) is 0 Å². The first-order valence-electron chi connectivity index (χ1n) is 6.55. The molecule has 1 fully saturated rings. The predicted octanol–water partition coefficient (Wildman–Crippen LogP) is 1.65. The van der Waals surface area contributed by atoms with Crippen molar-refractivity contribution in [2.45, 2.75) is 24.3 Å². The summed E-state index contributed by atoms with van der Waals surface area (Å²) in [5.41, 5.74) is 6.05. The quantitative estimate of drug-likeness (QED) is 0.802. The average Bonchev–Trinajstić information content (AvgIpc) is 2.35. The van der Waals surface area contributed by atoms with E-state index >= 15 is 0 Å². The van der Waals surface area contributed by atoms with Gasteiger partial charge in [0.25, 0.3) is 0 Å². The topological polar surface area (TPSA) is 75.4 Å². The first-order valence-corrected chi connectivity index (χ1v) is 8.83. The molecule has 0 aliphatic carbocycles. The van der Waals surface area contributed by atoms with Crippen LogP contribution in [-0.4, -0.2) is 39.5 Å². The number of piperidine rings is 1. The van der Waals surface area contributed by atoms with Crippen LogP contribution in [-0.2, 0) is 10.0 Å². The van der Waals surface area contributed by atoms with Gasteiger partial charge in [-0.25, -0.2) is 13.1 Å². The van der Waals surface area contributed by atoms with E-state index in [4.69, 9.17) is 5.73 Å². The lowest BCUT2D eigenvalue weighted by Crippen LogP contribution is -2.48. The smallest absolute Gasteiger partial charge is 0.242 e. The van der Waals surface area contributed by atoms with Gasteiger partial charge in [-0.2, -0.15) is 0 Å². The maximum Gasteiger partial charge on any atom is 0.242 e. The van der Waals surface area contributed by atoms with Crippen molar-refractivity contribution in [1.29, 1.82) is 0 Å². The van der Waals surface area contributed by atoms with Gasteiger partial charge in [0.05, 0.1) is 5.69 Å². The molecule has 0 saturated carbocycles. The van der Waals surface area contributed by atoms with Crippen molar-refractivity contribution in [3.05, 3.63) is 22.7 Å². The van der Waals surface area contributed by atoms with Crippen LogP contribution >= 0.6 is 15.9 Å². The highest BCUT2D eigenvalue weighted by Crippen LogP contribution is 2.25. The maximum atomic E-state index is 12.5. The minimum atomic E-state index is -3.59. The van der Waals surface area contributed by atoms with Crippen LogP contribution < -0.4 is 10.5 Å². The van der Waals surface area contributed by atoms with E-state index in [1.807, 2.05) is 7.05 Å². The molecule has 20 heavy (non-hydrogen) atoms. The Morgan fingerprint density at radius 1 is 1.45 bits per heavy atom. The highest BCUT2D eigenvalue weighted by atomic mass is 79.9. The van der Waals surface area contributed by atoms with Crippen molar-refractivity contribution in [3.63, 3.8) is 0 Å². The minimum absolute atomic E-state index is 0.0467. The van der Waals surface area contributed by atoms with E-state index in [1.54, 1.807) is 12.1 Å². The van der Waals surface area contributed by atoms with Gasteiger partial charge >= 0.3 is 0 Å². The van der Waals surface area contributed by atoms with Crippen LogP contribution in [0.5, 0.6) is 0 Å². The number of benzene rings is 1. The summed E-state index contributed by atoms with van der Waals surface area (Å²) in [5.74, 6) is 0.275. The summed E-state index contributed by atoms with van der Waals surface area (Å²) in [6.45, 7) is 3.85. The zero-order valence-corrected chi connectivity index (χ0v) is 14.0. The normalized spacial score (nSPS) is 24.8. The van der Waals surface area contributed by atoms with Gasteiger partial charge in [0.15, 0.2) is 0 Å². The molecule has 1 heterocycles. The van der Waals surface area contributed by atoms with Gasteiger partial charge in [0, 0.05) is 17.1 Å². The van der Waals surface area contributed by atoms with Crippen molar-refractivity contribution >= 4 is 31.6 Å². The first kappa shape index (κ1) is 15.8. The number of sulfonamides is 1. The highest BCUT2D eigenvalue weighted by Gasteiger charge is 2.29. The number of hydrogen-bond donors (Lipinski definition) is 2. The summed E-state index contributed by atoms with van der Waals surface area (Å²) in [4.78, 5) is 2.35. The molecular weight excluding hydrogens is 342 g/mol. The van der Waals surface area contributed by atoms with Crippen LogP contribution in [0.1, 0.15) is 13.3 Å². The molecule has 3 N–H and O–H groups in total. The molecule has 0 bridgehead atoms. The fraction of sp³-hybridized carbons (Fsp3) is 0.538. The third kappa shape index (κ3) is 3.52. The molecule has 0 aromatic heterocycles. The molecule has 1 aliphatic heterocycles. The zero-order valence-electron chi connectivity index (χ0n) is 11.6. The second kappa shape index (κ2) is 6.01. The largest absolute Gasteiger partial charge is 0.398 e. The van der Waals surface area contributed by atoms with E-state index in [9.17, 15) is 8.42 Å². The van der Waals surface area contributed by atoms with E-state index in [1.165, 1.54) is 6.07 Å². The third-order valence-electron chi connectivity index (χ3n) is 3.68. The van der Waals surface area contributed by atoms with Crippen LogP contribution in [0, 0.1) is 5.92 Å². The standard InChI is InChI=1S/C13H20BrN3O2S/c1-9-8-17(2)6-5-12(9)16-20(18,19)13-7-10(14)3-4-11(13)15/h3-4,7,9,12,16H,5-6,8,15H2,1-2H3. The van der Waals surface area contributed by atoms with E-state index in [0.29, 0.717) is 4.47 Å². The predicted molar refractivity (Wildman–Crippen MR) is 83.9 cm³/mol. The Bertz CT molecular complexity index is 591. The molecule has 1 aromatic rings. The van der Waals surface area contributed by atoms with Gasteiger partial charge in [-0.15, -0.1) is 0 Å². The Kier molecular flexibility index (Phi) is 4.73. The summed E-state index contributed by atoms with van der Waals surface area (Å²) in [6.07, 6.45) is 0.810. The van der Waals surface area contributed by atoms with E-state index in [-0.39, 0.29) is 22.5 Å². The monoisotopic (exact) mass is 361 g/mol. The van der Waals surface area contributed by atoms with Crippen molar-refractivity contribution in [3.8, 4) is 0 Å². The molecule has 7 heteroatoms. The number of likely N-dealkylation sites (tertiary alicyclic amines) is 1. The Morgan fingerprint density at radius 3 is 2.80 bits per heavy atom. The minimum Gasteiger partial charge on any atom is -0.398 e. The first-order chi connectivity index (χ1) is 9.29. The summed E-state index contributed by atoms with van der Waals surface area (Å²) >= 11 is 3.28. The molecule has 1 saturated heterocycles. The number of hydrogen-bond acceptors (Lipinski definition) is 4. The summed E-state index contributed by atoms with van der Waals surface area (Å²) in [5, 5.41) is 0. The van der Waals surface area contributed by atoms with Gasteiger partial charge in [-0.3, -0.25) is 0 Å². The van der Waals surface area contributed by atoms with Gasteiger partial charge < -0.3 is 10.6 Å². The molecule has 2 rings (SSSR count). The number of nitrogens with zero attached hydrogens (tertiary/aromatic N) is 1. The zero-order chi connectivity index (χ0) is 14.9.